The van der Waals surface area contributed by atoms with Crippen molar-refractivity contribution in [1.82, 2.24) is 10.9 Å². The molecule has 8 nitrogen and oxygen atoms in total. The van der Waals surface area contributed by atoms with Gasteiger partial charge in [-0.2, -0.15) is 0 Å². The van der Waals surface area contributed by atoms with Gasteiger partial charge in [0.05, 0.1) is 6.54 Å². The van der Waals surface area contributed by atoms with Crippen molar-refractivity contribution in [3.63, 3.8) is 0 Å². The first-order chi connectivity index (χ1) is 6.97. The van der Waals surface area contributed by atoms with Gasteiger partial charge in [-0.1, -0.05) is 0 Å². The summed E-state index contributed by atoms with van der Waals surface area (Å²) in [5.74, 6) is -2.33. The second kappa shape index (κ2) is 6.74. The van der Waals surface area contributed by atoms with Crippen LogP contribution in [-0.4, -0.2) is 35.5 Å². The molecule has 0 fully saturated rings. The Morgan fingerprint density at radius 2 is 1.93 bits per heavy atom. The van der Waals surface area contributed by atoms with Crippen molar-refractivity contribution in [2.24, 2.45) is 11.5 Å². The molecule has 0 saturated carbocycles. The van der Waals surface area contributed by atoms with Gasteiger partial charge < -0.3 is 16.6 Å². The summed E-state index contributed by atoms with van der Waals surface area (Å²) in [7, 11) is 0. The largest absolute Gasteiger partial charge is 0.480 e. The second-order valence-corrected chi connectivity index (χ2v) is 2.79. The van der Waals surface area contributed by atoms with Gasteiger partial charge in [0.25, 0.3) is 0 Å². The molecule has 0 aliphatic carbocycles. The summed E-state index contributed by atoms with van der Waals surface area (Å²) in [4.78, 5) is 31.7. The molecule has 8 heteroatoms. The number of carbonyl (C=O) groups is 3. The van der Waals surface area contributed by atoms with E-state index in [0.717, 1.165) is 0 Å². The van der Waals surface area contributed by atoms with Gasteiger partial charge in [-0.25, -0.2) is 5.43 Å². The van der Waals surface area contributed by atoms with Crippen molar-refractivity contribution >= 4 is 17.8 Å². The minimum atomic E-state index is -1.19. The Balaban J connectivity index is 3.99. The summed E-state index contributed by atoms with van der Waals surface area (Å²) in [6.07, 6.45) is -0.0853. The molecule has 0 aromatic carbocycles. The number of primary amides is 1. The molecule has 0 spiro atoms. The van der Waals surface area contributed by atoms with Crippen LogP contribution in [0.25, 0.3) is 0 Å². The highest BCUT2D eigenvalue weighted by molar-refractivity contribution is 5.79. The molecule has 0 heterocycles. The number of nitrogens with one attached hydrogen (secondary N) is 2. The van der Waals surface area contributed by atoms with E-state index in [-0.39, 0.29) is 19.4 Å². The molecular formula is C7H14N4O4. The predicted octanol–water partition coefficient (Wildman–Crippen LogP) is -2.72. The van der Waals surface area contributed by atoms with Crippen molar-refractivity contribution in [3.8, 4) is 0 Å². The molecule has 15 heavy (non-hydrogen) atoms. The number of carboxylic acid groups (broad SMARTS) is 1. The summed E-state index contributed by atoms with van der Waals surface area (Å²) >= 11 is 0. The molecule has 1 atom stereocenters. The molecule has 0 unspecified atom stereocenters. The fourth-order valence-corrected chi connectivity index (χ4v) is 0.763. The number of rotatable bonds is 7. The number of nitrogens with two attached hydrogens (primary N) is 2. The second-order valence-electron chi connectivity index (χ2n) is 2.79. The van der Waals surface area contributed by atoms with E-state index in [0.29, 0.717) is 0 Å². The first-order valence-corrected chi connectivity index (χ1v) is 4.23. The normalized spacial score (nSPS) is 11.8. The van der Waals surface area contributed by atoms with Crippen LogP contribution in [0, 0.1) is 0 Å². The third kappa shape index (κ3) is 6.41. The highest BCUT2D eigenvalue weighted by Gasteiger charge is 2.17. The average molecular weight is 218 g/mol. The standard InChI is InChI=1S/C7H14N4O4/c8-3-6(13)11-10-4(7(14)15)1-2-5(9)12/h4,10H,1-3,8H2,(H2,9,12)(H,11,13)(H,14,15)/t4-/m0/s1. The first kappa shape index (κ1) is 13.3. The Bertz CT molecular complexity index is 255. The monoisotopic (exact) mass is 218 g/mol. The maximum atomic E-state index is 10.7. The van der Waals surface area contributed by atoms with Gasteiger partial charge in [-0.3, -0.25) is 19.8 Å². The lowest BCUT2D eigenvalue weighted by molar-refractivity contribution is -0.140. The van der Waals surface area contributed by atoms with Crippen LogP contribution in [0.4, 0.5) is 0 Å². The molecule has 0 aromatic heterocycles. The fourth-order valence-electron chi connectivity index (χ4n) is 0.763. The zero-order valence-corrected chi connectivity index (χ0v) is 8.03. The van der Waals surface area contributed by atoms with Crippen molar-refractivity contribution < 1.29 is 19.5 Å². The molecule has 0 rings (SSSR count). The van der Waals surface area contributed by atoms with E-state index >= 15 is 0 Å². The van der Waals surface area contributed by atoms with E-state index in [1.807, 2.05) is 0 Å². The van der Waals surface area contributed by atoms with Crippen LogP contribution in [0.15, 0.2) is 0 Å². The fraction of sp³-hybridized carbons (Fsp3) is 0.571. The topological polar surface area (TPSA) is 148 Å². The minimum Gasteiger partial charge on any atom is -0.480 e. The summed E-state index contributed by atoms with van der Waals surface area (Å²) in [6.45, 7) is -0.255. The lowest BCUT2D eigenvalue weighted by atomic mass is 10.1. The van der Waals surface area contributed by atoms with Crippen LogP contribution in [0.1, 0.15) is 12.8 Å². The van der Waals surface area contributed by atoms with Crippen LogP contribution >= 0.6 is 0 Å². The summed E-state index contributed by atoms with van der Waals surface area (Å²) < 4.78 is 0. The molecule has 0 saturated heterocycles. The van der Waals surface area contributed by atoms with Gasteiger partial charge in [0, 0.05) is 6.42 Å². The van der Waals surface area contributed by atoms with Crippen molar-refractivity contribution in [2.45, 2.75) is 18.9 Å². The zero-order valence-electron chi connectivity index (χ0n) is 8.03. The molecule has 7 N–H and O–H groups in total. The Morgan fingerprint density at radius 3 is 2.33 bits per heavy atom. The number of hydrogen-bond acceptors (Lipinski definition) is 5. The molecule has 0 aromatic rings. The molecule has 0 aliphatic heterocycles. The van der Waals surface area contributed by atoms with Crippen molar-refractivity contribution in [3.05, 3.63) is 0 Å². The third-order valence-electron chi connectivity index (χ3n) is 1.55. The van der Waals surface area contributed by atoms with Crippen molar-refractivity contribution in [2.75, 3.05) is 6.54 Å². The van der Waals surface area contributed by atoms with Gasteiger partial charge in [0.2, 0.25) is 11.8 Å². The summed E-state index contributed by atoms with van der Waals surface area (Å²) in [6, 6.07) is -1.06. The van der Waals surface area contributed by atoms with Crippen LogP contribution in [0.3, 0.4) is 0 Å². The van der Waals surface area contributed by atoms with Gasteiger partial charge in [0.1, 0.15) is 6.04 Å². The van der Waals surface area contributed by atoms with Gasteiger partial charge in [0.15, 0.2) is 0 Å². The highest BCUT2D eigenvalue weighted by Crippen LogP contribution is 1.95. The maximum Gasteiger partial charge on any atom is 0.322 e. The average Bonchev–Trinajstić information content (AvgIpc) is 2.16. The molecule has 2 amide bonds. The van der Waals surface area contributed by atoms with Gasteiger partial charge in [-0.05, 0) is 6.42 Å². The molecular weight excluding hydrogens is 204 g/mol. The van der Waals surface area contributed by atoms with Crippen LogP contribution < -0.4 is 22.3 Å². The van der Waals surface area contributed by atoms with E-state index in [1.165, 1.54) is 0 Å². The smallest absolute Gasteiger partial charge is 0.322 e. The summed E-state index contributed by atoms with van der Waals surface area (Å²) in [5, 5.41) is 8.67. The lowest BCUT2D eigenvalue weighted by Gasteiger charge is -2.13. The van der Waals surface area contributed by atoms with Crippen molar-refractivity contribution in [1.29, 1.82) is 0 Å². The van der Waals surface area contributed by atoms with Crippen LogP contribution in [0.5, 0.6) is 0 Å². The van der Waals surface area contributed by atoms with E-state index in [9.17, 15) is 14.4 Å². The van der Waals surface area contributed by atoms with E-state index in [4.69, 9.17) is 16.6 Å². The Morgan fingerprint density at radius 1 is 1.33 bits per heavy atom. The van der Waals surface area contributed by atoms with Crippen LogP contribution in [0.2, 0.25) is 0 Å². The SMILES string of the molecule is NCC(=O)NN[C@@H](CCC(N)=O)C(=O)O. The zero-order chi connectivity index (χ0) is 11.8. The Kier molecular flexibility index (Phi) is 5.99. The highest BCUT2D eigenvalue weighted by atomic mass is 16.4. The Hall–Kier alpha value is -1.67. The van der Waals surface area contributed by atoms with Gasteiger partial charge in [-0.15, -0.1) is 0 Å². The molecule has 0 radical (unpaired) electrons. The number of carbonyl (C=O) groups excluding carboxylic acids is 2. The number of hydrazine groups is 1. The molecule has 0 bridgehead atoms. The lowest BCUT2D eigenvalue weighted by Crippen LogP contribution is -2.50. The molecule has 86 valence electrons. The van der Waals surface area contributed by atoms with Gasteiger partial charge >= 0.3 is 5.97 Å². The molecule has 0 aliphatic rings. The minimum absolute atomic E-state index is 0.00445. The Labute approximate surface area is 86.0 Å². The number of carboxylic acids is 1. The van der Waals surface area contributed by atoms with E-state index in [2.05, 4.69) is 10.9 Å². The quantitative estimate of drug-likeness (QED) is 0.293. The number of amides is 2. The van der Waals surface area contributed by atoms with Crippen LogP contribution in [-0.2, 0) is 14.4 Å². The maximum absolute atomic E-state index is 10.7. The first-order valence-electron chi connectivity index (χ1n) is 4.23. The summed E-state index contributed by atoms with van der Waals surface area (Å²) in [5.41, 5.74) is 14.2. The number of aliphatic carboxylic acids is 1. The predicted molar refractivity (Wildman–Crippen MR) is 50.2 cm³/mol. The number of hydrogen-bond donors (Lipinski definition) is 5. The van der Waals surface area contributed by atoms with E-state index in [1.54, 1.807) is 0 Å². The van der Waals surface area contributed by atoms with E-state index < -0.39 is 23.8 Å². The third-order valence-corrected chi connectivity index (χ3v) is 1.55.